The Hall–Kier alpha value is -1.85. The molecule has 0 spiro atoms. The molecule has 0 aliphatic carbocycles. The standard InChI is InChI=1S/C19H23OP/c1-5-8-10-14-17(4)21(20,18(7-3)13-6-2)19-15-11-9-12-16-19/h5-16H,1H2,2-4H3/b10-8-,13-6-,17-14+,18-7+. The molecule has 1 atom stereocenters. The molecule has 0 saturated heterocycles. The van der Waals surface area contributed by atoms with Crippen LogP contribution in [0.2, 0.25) is 0 Å². The van der Waals surface area contributed by atoms with E-state index >= 15 is 0 Å². The van der Waals surface area contributed by atoms with E-state index in [9.17, 15) is 4.57 Å². The Labute approximate surface area is 128 Å². The minimum Gasteiger partial charge on any atom is -0.309 e. The summed E-state index contributed by atoms with van der Waals surface area (Å²) in [6.07, 6.45) is 13.1. The Morgan fingerprint density at radius 3 is 2.33 bits per heavy atom. The van der Waals surface area contributed by atoms with E-state index in [0.717, 1.165) is 15.9 Å². The summed E-state index contributed by atoms with van der Waals surface area (Å²) in [5.74, 6) is 0. The highest BCUT2D eigenvalue weighted by molar-refractivity contribution is 7.79. The van der Waals surface area contributed by atoms with Gasteiger partial charge in [0.2, 0.25) is 0 Å². The summed E-state index contributed by atoms with van der Waals surface area (Å²) in [6, 6.07) is 9.66. The molecule has 0 amide bonds. The monoisotopic (exact) mass is 298 g/mol. The van der Waals surface area contributed by atoms with E-state index < -0.39 is 7.14 Å². The van der Waals surface area contributed by atoms with Crippen LogP contribution in [0.4, 0.5) is 0 Å². The molecule has 0 fully saturated rings. The lowest BCUT2D eigenvalue weighted by atomic mass is 10.4. The molecule has 0 aromatic heterocycles. The van der Waals surface area contributed by atoms with Gasteiger partial charge in [-0.15, -0.1) is 0 Å². The first-order chi connectivity index (χ1) is 10.1. The van der Waals surface area contributed by atoms with Crippen molar-refractivity contribution in [3.8, 4) is 0 Å². The summed E-state index contributed by atoms with van der Waals surface area (Å²) in [5.41, 5.74) is 0. The molecule has 0 heterocycles. The van der Waals surface area contributed by atoms with Crippen molar-refractivity contribution >= 4 is 12.4 Å². The van der Waals surface area contributed by atoms with Crippen molar-refractivity contribution < 1.29 is 4.57 Å². The average molecular weight is 298 g/mol. The van der Waals surface area contributed by atoms with Crippen molar-refractivity contribution in [1.82, 2.24) is 0 Å². The normalized spacial score (nSPS) is 16.3. The zero-order valence-electron chi connectivity index (χ0n) is 13.0. The predicted octanol–water partition coefficient (Wildman–Crippen LogP) is 5.80. The fourth-order valence-corrected chi connectivity index (χ4v) is 4.85. The smallest absolute Gasteiger partial charge is 0.166 e. The van der Waals surface area contributed by atoms with Gasteiger partial charge < -0.3 is 4.57 Å². The van der Waals surface area contributed by atoms with Crippen LogP contribution in [0.15, 0.2) is 90.1 Å². The summed E-state index contributed by atoms with van der Waals surface area (Å²) in [7, 11) is -2.78. The molecule has 0 aliphatic rings. The van der Waals surface area contributed by atoms with Crippen molar-refractivity contribution in [2.45, 2.75) is 20.8 Å². The van der Waals surface area contributed by atoms with Crippen LogP contribution in [-0.4, -0.2) is 0 Å². The van der Waals surface area contributed by atoms with Crippen LogP contribution in [0.1, 0.15) is 20.8 Å². The van der Waals surface area contributed by atoms with Crippen LogP contribution in [0.3, 0.4) is 0 Å². The zero-order valence-corrected chi connectivity index (χ0v) is 13.9. The summed E-state index contributed by atoms with van der Waals surface area (Å²) >= 11 is 0. The third kappa shape index (κ3) is 4.06. The van der Waals surface area contributed by atoms with Crippen LogP contribution in [0.5, 0.6) is 0 Å². The molecule has 1 aromatic carbocycles. The van der Waals surface area contributed by atoms with Crippen LogP contribution < -0.4 is 5.30 Å². The van der Waals surface area contributed by atoms with Gasteiger partial charge in [0.25, 0.3) is 0 Å². The molecule has 0 saturated carbocycles. The third-order valence-corrected chi connectivity index (χ3v) is 6.50. The average Bonchev–Trinajstić information content (AvgIpc) is 2.52. The molecule has 0 aliphatic heterocycles. The van der Waals surface area contributed by atoms with Crippen molar-refractivity contribution in [2.75, 3.05) is 0 Å². The third-order valence-electron chi connectivity index (χ3n) is 3.20. The van der Waals surface area contributed by atoms with E-state index in [2.05, 4.69) is 6.58 Å². The summed E-state index contributed by atoms with van der Waals surface area (Å²) < 4.78 is 13.8. The Morgan fingerprint density at radius 1 is 1.14 bits per heavy atom. The second-order valence-electron chi connectivity index (χ2n) is 4.59. The van der Waals surface area contributed by atoms with E-state index in [0.29, 0.717) is 0 Å². The second kappa shape index (κ2) is 8.44. The van der Waals surface area contributed by atoms with Gasteiger partial charge in [0.05, 0.1) is 0 Å². The quantitative estimate of drug-likeness (QED) is 0.479. The first kappa shape index (κ1) is 17.2. The largest absolute Gasteiger partial charge is 0.309 e. The van der Waals surface area contributed by atoms with Crippen molar-refractivity contribution in [2.24, 2.45) is 0 Å². The lowest BCUT2D eigenvalue weighted by Crippen LogP contribution is -2.06. The molecule has 2 heteroatoms. The van der Waals surface area contributed by atoms with Gasteiger partial charge in [-0.05, 0) is 26.1 Å². The molecular formula is C19H23OP. The van der Waals surface area contributed by atoms with E-state index in [1.54, 1.807) is 6.08 Å². The highest BCUT2D eigenvalue weighted by atomic mass is 31.2. The van der Waals surface area contributed by atoms with Gasteiger partial charge in [0.1, 0.15) is 0 Å². The molecule has 1 rings (SSSR count). The van der Waals surface area contributed by atoms with Crippen LogP contribution >= 0.6 is 7.14 Å². The maximum atomic E-state index is 13.8. The number of hydrogen-bond donors (Lipinski definition) is 0. The molecule has 1 aromatic rings. The number of allylic oxidation sites excluding steroid dienone is 9. The van der Waals surface area contributed by atoms with E-state index in [1.807, 2.05) is 87.6 Å². The molecule has 110 valence electrons. The molecule has 1 unspecified atom stereocenters. The molecule has 1 nitrogen and oxygen atoms in total. The summed E-state index contributed by atoms with van der Waals surface area (Å²) in [5, 5.41) is 2.58. The Kier molecular flexibility index (Phi) is 6.91. The first-order valence-corrected chi connectivity index (χ1v) is 8.73. The molecular weight excluding hydrogens is 275 g/mol. The van der Waals surface area contributed by atoms with Crippen LogP contribution in [0, 0.1) is 0 Å². The fraction of sp³-hybridized carbons (Fsp3) is 0.158. The van der Waals surface area contributed by atoms with Gasteiger partial charge in [-0.25, -0.2) is 0 Å². The molecule has 0 radical (unpaired) electrons. The van der Waals surface area contributed by atoms with Gasteiger partial charge in [-0.2, -0.15) is 0 Å². The molecule has 0 bridgehead atoms. The van der Waals surface area contributed by atoms with Crippen molar-refractivity contribution in [1.29, 1.82) is 0 Å². The molecule has 21 heavy (non-hydrogen) atoms. The highest BCUT2D eigenvalue weighted by Crippen LogP contribution is 2.60. The Morgan fingerprint density at radius 2 is 1.81 bits per heavy atom. The van der Waals surface area contributed by atoms with Gasteiger partial charge in [0.15, 0.2) is 7.14 Å². The highest BCUT2D eigenvalue weighted by Gasteiger charge is 2.29. The summed E-state index contributed by atoms with van der Waals surface area (Å²) in [4.78, 5) is 0. The Bertz CT molecular complexity index is 631. The Balaban J connectivity index is 3.50. The van der Waals surface area contributed by atoms with Crippen LogP contribution in [0.25, 0.3) is 0 Å². The lowest BCUT2D eigenvalue weighted by molar-refractivity contribution is 0.589. The minimum atomic E-state index is -2.78. The zero-order chi connectivity index (χ0) is 15.7. The van der Waals surface area contributed by atoms with E-state index in [-0.39, 0.29) is 0 Å². The van der Waals surface area contributed by atoms with E-state index in [4.69, 9.17) is 0 Å². The maximum absolute atomic E-state index is 13.8. The SMILES string of the molecule is C=C/C=C\C=C(/C)P(=O)(C(/C=C\C)=C/C)c1ccccc1. The number of rotatable bonds is 6. The van der Waals surface area contributed by atoms with Crippen LogP contribution in [-0.2, 0) is 4.57 Å². The van der Waals surface area contributed by atoms with Gasteiger partial charge >= 0.3 is 0 Å². The predicted molar refractivity (Wildman–Crippen MR) is 95.3 cm³/mol. The van der Waals surface area contributed by atoms with Gasteiger partial charge in [-0.1, -0.05) is 79.4 Å². The number of benzene rings is 1. The minimum absolute atomic E-state index is 0.858. The lowest BCUT2D eigenvalue weighted by Gasteiger charge is -2.21. The van der Waals surface area contributed by atoms with Crippen molar-refractivity contribution in [3.63, 3.8) is 0 Å². The maximum Gasteiger partial charge on any atom is 0.166 e. The molecule has 0 N–H and O–H groups in total. The first-order valence-electron chi connectivity index (χ1n) is 7.03. The topological polar surface area (TPSA) is 17.1 Å². The van der Waals surface area contributed by atoms with Gasteiger partial charge in [-0.3, -0.25) is 0 Å². The number of hydrogen-bond acceptors (Lipinski definition) is 1. The second-order valence-corrected chi connectivity index (χ2v) is 7.54. The van der Waals surface area contributed by atoms with E-state index in [1.165, 1.54) is 0 Å². The van der Waals surface area contributed by atoms with Gasteiger partial charge in [0, 0.05) is 10.6 Å². The fourth-order valence-electron chi connectivity index (χ4n) is 2.13. The summed E-state index contributed by atoms with van der Waals surface area (Å²) in [6.45, 7) is 9.44. The van der Waals surface area contributed by atoms with Crippen molar-refractivity contribution in [3.05, 3.63) is 90.1 Å².